The zero-order valence-corrected chi connectivity index (χ0v) is 16.3. The number of nitrogens with zero attached hydrogens (tertiary/aromatic N) is 3. The van der Waals surface area contributed by atoms with Gasteiger partial charge >= 0.3 is 5.69 Å². The Labute approximate surface area is 158 Å². The first-order chi connectivity index (χ1) is 12.5. The summed E-state index contributed by atoms with van der Waals surface area (Å²) in [6.45, 7) is 5.99. The average Bonchev–Trinajstić information content (AvgIpc) is 2.96. The molecule has 2 aromatic rings. The maximum atomic E-state index is 12.2. The van der Waals surface area contributed by atoms with Gasteiger partial charge in [0.1, 0.15) is 5.82 Å². The van der Waals surface area contributed by atoms with Crippen LogP contribution in [0.2, 0.25) is 0 Å². The maximum absolute atomic E-state index is 12.2. The first-order valence-electron chi connectivity index (χ1n) is 9.18. The average molecular weight is 375 g/mol. The van der Waals surface area contributed by atoms with E-state index in [1.165, 1.54) is 15.8 Å². The van der Waals surface area contributed by atoms with Crippen LogP contribution in [0.1, 0.15) is 36.2 Å². The number of fused-ring (bicyclic) bond motifs is 1. The van der Waals surface area contributed by atoms with Gasteiger partial charge in [-0.1, -0.05) is 17.7 Å². The van der Waals surface area contributed by atoms with Gasteiger partial charge in [-0.2, -0.15) is 5.10 Å². The number of carbonyl (C=O) groups excluding carboxylic acids is 1. The number of nitrogens with one attached hydrogen (secondary N) is 1. The zero-order valence-electron chi connectivity index (χ0n) is 15.5. The topological polar surface area (TPSA) is 68.9 Å². The lowest BCUT2D eigenvalue weighted by Crippen LogP contribution is -2.30. The number of hydrogen-bond donors (Lipinski definition) is 1. The van der Waals surface area contributed by atoms with Crippen molar-refractivity contribution >= 4 is 17.7 Å². The van der Waals surface area contributed by atoms with Crippen LogP contribution in [0.5, 0.6) is 0 Å². The van der Waals surface area contributed by atoms with Crippen LogP contribution in [-0.4, -0.2) is 32.6 Å². The van der Waals surface area contributed by atoms with Crippen molar-refractivity contribution in [2.75, 3.05) is 12.3 Å². The number of rotatable bonds is 7. The summed E-state index contributed by atoms with van der Waals surface area (Å²) in [5.41, 5.74) is 2.37. The standard InChI is InChI=1S/C19H26N4O2S/c1-14-7-8-15(2)16(12-14)26-13-18(24)20-9-5-11-23-19(25)22-10-4-3-6-17(22)21-23/h7-8,12H,3-6,9-11,13H2,1-2H3,(H,20,24). The molecule has 0 unspecified atom stereocenters. The lowest BCUT2D eigenvalue weighted by atomic mass is 10.2. The minimum absolute atomic E-state index is 0.0171. The summed E-state index contributed by atoms with van der Waals surface area (Å²) in [6.07, 6.45) is 3.74. The molecule has 0 radical (unpaired) electrons. The van der Waals surface area contributed by atoms with Gasteiger partial charge in [0.05, 0.1) is 5.75 Å². The number of aryl methyl sites for hydroxylation is 4. The smallest absolute Gasteiger partial charge is 0.345 e. The Hall–Kier alpha value is -2.02. The molecule has 140 valence electrons. The zero-order chi connectivity index (χ0) is 18.5. The van der Waals surface area contributed by atoms with Crippen LogP contribution in [0.4, 0.5) is 0 Å². The Bertz CT molecular complexity index is 841. The summed E-state index contributed by atoms with van der Waals surface area (Å²) >= 11 is 1.56. The van der Waals surface area contributed by atoms with E-state index >= 15 is 0 Å². The van der Waals surface area contributed by atoms with Crippen molar-refractivity contribution in [3.63, 3.8) is 0 Å². The van der Waals surface area contributed by atoms with Crippen LogP contribution in [-0.2, 0) is 24.3 Å². The van der Waals surface area contributed by atoms with Crippen molar-refractivity contribution in [3.8, 4) is 0 Å². The largest absolute Gasteiger partial charge is 0.355 e. The number of aromatic nitrogens is 3. The predicted octanol–water partition coefficient (Wildman–Crippen LogP) is 2.30. The van der Waals surface area contributed by atoms with Crippen molar-refractivity contribution in [1.82, 2.24) is 19.7 Å². The highest BCUT2D eigenvalue weighted by Crippen LogP contribution is 2.23. The summed E-state index contributed by atoms with van der Waals surface area (Å²) in [6, 6.07) is 6.27. The predicted molar refractivity (Wildman–Crippen MR) is 104 cm³/mol. The van der Waals surface area contributed by atoms with Crippen LogP contribution in [0, 0.1) is 13.8 Å². The third-order valence-corrected chi connectivity index (χ3v) is 5.76. The number of amides is 1. The van der Waals surface area contributed by atoms with Gasteiger partial charge in [0.15, 0.2) is 0 Å². The van der Waals surface area contributed by atoms with Gasteiger partial charge < -0.3 is 5.32 Å². The molecule has 1 aromatic heterocycles. The van der Waals surface area contributed by atoms with E-state index in [0.717, 1.165) is 36.5 Å². The number of carbonyl (C=O) groups is 1. The van der Waals surface area contributed by atoms with E-state index in [4.69, 9.17) is 0 Å². The number of thioether (sulfide) groups is 1. The van der Waals surface area contributed by atoms with E-state index in [0.29, 0.717) is 25.3 Å². The molecule has 0 saturated heterocycles. The monoisotopic (exact) mass is 374 g/mol. The Kier molecular flexibility index (Phi) is 6.19. The molecule has 1 N–H and O–H groups in total. The van der Waals surface area contributed by atoms with E-state index < -0.39 is 0 Å². The quantitative estimate of drug-likeness (QED) is 0.596. The van der Waals surface area contributed by atoms with Crippen molar-refractivity contribution in [3.05, 3.63) is 45.6 Å². The Morgan fingerprint density at radius 2 is 2.15 bits per heavy atom. The van der Waals surface area contributed by atoms with Gasteiger partial charge in [-0.15, -0.1) is 11.8 Å². The molecule has 6 nitrogen and oxygen atoms in total. The molecular weight excluding hydrogens is 348 g/mol. The third kappa shape index (κ3) is 4.58. The Balaban J connectivity index is 1.41. The van der Waals surface area contributed by atoms with Gasteiger partial charge in [-0.05, 0) is 44.7 Å². The molecule has 0 spiro atoms. The second-order valence-electron chi connectivity index (χ2n) is 6.79. The summed E-state index contributed by atoms with van der Waals surface area (Å²) in [5, 5.41) is 7.34. The lowest BCUT2D eigenvalue weighted by molar-refractivity contribution is -0.118. The van der Waals surface area contributed by atoms with Gasteiger partial charge in [0, 0.05) is 31.0 Å². The van der Waals surface area contributed by atoms with E-state index in [2.05, 4.69) is 42.5 Å². The van der Waals surface area contributed by atoms with E-state index in [1.54, 1.807) is 16.3 Å². The van der Waals surface area contributed by atoms with E-state index in [9.17, 15) is 9.59 Å². The second-order valence-corrected chi connectivity index (χ2v) is 7.81. The molecule has 0 atom stereocenters. The van der Waals surface area contributed by atoms with E-state index in [1.807, 2.05) is 0 Å². The second kappa shape index (κ2) is 8.58. The van der Waals surface area contributed by atoms with Crippen LogP contribution in [0.25, 0.3) is 0 Å². The molecule has 1 aliphatic rings. The van der Waals surface area contributed by atoms with Crippen LogP contribution in [0.3, 0.4) is 0 Å². The molecule has 3 rings (SSSR count). The molecule has 1 aromatic carbocycles. The van der Waals surface area contributed by atoms with Crippen molar-refractivity contribution in [2.24, 2.45) is 0 Å². The minimum Gasteiger partial charge on any atom is -0.355 e. The van der Waals surface area contributed by atoms with Crippen molar-refractivity contribution < 1.29 is 4.79 Å². The molecule has 7 heteroatoms. The van der Waals surface area contributed by atoms with Gasteiger partial charge in [0.2, 0.25) is 5.91 Å². The first-order valence-corrected chi connectivity index (χ1v) is 10.2. The summed E-state index contributed by atoms with van der Waals surface area (Å²) < 4.78 is 3.32. The van der Waals surface area contributed by atoms with Gasteiger partial charge in [-0.3, -0.25) is 9.36 Å². The van der Waals surface area contributed by atoms with E-state index in [-0.39, 0.29) is 11.6 Å². The molecule has 0 bridgehead atoms. The fourth-order valence-electron chi connectivity index (χ4n) is 3.11. The highest BCUT2D eigenvalue weighted by atomic mass is 32.2. The van der Waals surface area contributed by atoms with Crippen LogP contribution < -0.4 is 11.0 Å². The minimum atomic E-state index is -0.0171. The molecule has 1 amide bonds. The molecule has 1 aliphatic heterocycles. The molecule has 0 saturated carbocycles. The van der Waals surface area contributed by atoms with Crippen molar-refractivity contribution in [1.29, 1.82) is 0 Å². The maximum Gasteiger partial charge on any atom is 0.345 e. The van der Waals surface area contributed by atoms with Crippen LogP contribution in [0.15, 0.2) is 27.9 Å². The SMILES string of the molecule is Cc1ccc(C)c(SCC(=O)NCCCn2nc3n(c2=O)CCCC3)c1. The summed E-state index contributed by atoms with van der Waals surface area (Å²) in [7, 11) is 0. The van der Waals surface area contributed by atoms with Gasteiger partial charge in [-0.25, -0.2) is 9.48 Å². The molecule has 0 fully saturated rings. The molecular formula is C19H26N4O2S. The third-order valence-electron chi connectivity index (χ3n) is 4.60. The van der Waals surface area contributed by atoms with Crippen LogP contribution >= 0.6 is 11.8 Å². The summed E-state index contributed by atoms with van der Waals surface area (Å²) in [5.74, 6) is 1.32. The fourth-order valence-corrected chi connectivity index (χ4v) is 4.06. The highest BCUT2D eigenvalue weighted by molar-refractivity contribution is 8.00. The summed E-state index contributed by atoms with van der Waals surface area (Å²) in [4.78, 5) is 25.4. The highest BCUT2D eigenvalue weighted by Gasteiger charge is 2.16. The number of hydrogen-bond acceptors (Lipinski definition) is 4. The molecule has 26 heavy (non-hydrogen) atoms. The van der Waals surface area contributed by atoms with Crippen molar-refractivity contribution in [2.45, 2.75) is 57.5 Å². The fraction of sp³-hybridized carbons (Fsp3) is 0.526. The Morgan fingerprint density at radius 3 is 2.96 bits per heavy atom. The molecule has 2 heterocycles. The molecule has 0 aliphatic carbocycles. The number of benzene rings is 1. The first kappa shape index (κ1) is 18.8. The lowest BCUT2D eigenvalue weighted by Gasteiger charge is -2.09. The Morgan fingerprint density at radius 1 is 1.31 bits per heavy atom. The normalized spacial score (nSPS) is 13.5. The van der Waals surface area contributed by atoms with Gasteiger partial charge in [0.25, 0.3) is 0 Å².